The molecule has 0 heterocycles. The number of hydrogen-bond donors (Lipinski definition) is 3. The number of carboxylic acid groups (broad SMARTS) is 1. The Hall–Kier alpha value is -2.66. The van der Waals surface area contributed by atoms with Crippen molar-refractivity contribution in [3.05, 3.63) is 54.6 Å². The second-order valence-corrected chi connectivity index (χ2v) is 5.55. The second-order valence-electron chi connectivity index (χ2n) is 5.55. The van der Waals surface area contributed by atoms with Gasteiger partial charge in [0.1, 0.15) is 6.04 Å². The molecule has 0 bridgehead atoms. The highest BCUT2D eigenvalue weighted by Gasteiger charge is 2.16. The molecule has 5 heteroatoms. The number of anilines is 1. The highest BCUT2D eigenvalue weighted by molar-refractivity contribution is 5.92. The van der Waals surface area contributed by atoms with Crippen LogP contribution in [0.2, 0.25) is 0 Å². The van der Waals surface area contributed by atoms with Crippen LogP contribution in [0.25, 0.3) is 11.1 Å². The van der Waals surface area contributed by atoms with Crippen LogP contribution in [0.1, 0.15) is 19.8 Å². The molecule has 0 spiro atoms. The number of carbonyl (C=O) groups is 2. The first kappa shape index (κ1) is 17.7. The van der Waals surface area contributed by atoms with Crippen molar-refractivity contribution >= 4 is 17.6 Å². The predicted octanol–water partition coefficient (Wildman–Crippen LogP) is 3.14. The van der Waals surface area contributed by atoms with Crippen molar-refractivity contribution < 1.29 is 14.7 Å². The average Bonchev–Trinajstić information content (AvgIpc) is 2.60. The Kier molecular flexibility index (Phi) is 6.51. The van der Waals surface area contributed by atoms with Crippen LogP contribution in [0.5, 0.6) is 0 Å². The molecular formula is C19H22N2O3. The summed E-state index contributed by atoms with van der Waals surface area (Å²) >= 11 is 0. The van der Waals surface area contributed by atoms with E-state index in [0.717, 1.165) is 17.5 Å². The van der Waals surface area contributed by atoms with E-state index >= 15 is 0 Å². The number of carbonyl (C=O) groups excluding carboxylic acids is 1. The molecule has 2 rings (SSSR count). The molecule has 5 nitrogen and oxygen atoms in total. The van der Waals surface area contributed by atoms with Gasteiger partial charge in [0.2, 0.25) is 5.91 Å². The third-order valence-electron chi connectivity index (χ3n) is 3.66. The minimum atomic E-state index is -0.933. The topological polar surface area (TPSA) is 78.4 Å². The monoisotopic (exact) mass is 326 g/mol. The Bertz CT molecular complexity index is 669. The number of carboxylic acids is 1. The lowest BCUT2D eigenvalue weighted by Crippen LogP contribution is -2.41. The number of amides is 1. The van der Waals surface area contributed by atoms with E-state index in [2.05, 4.69) is 10.6 Å². The summed E-state index contributed by atoms with van der Waals surface area (Å²) in [6.45, 7) is 1.88. The maximum atomic E-state index is 11.9. The molecule has 1 atom stereocenters. The molecule has 0 aliphatic carbocycles. The summed E-state index contributed by atoms with van der Waals surface area (Å²) in [6.07, 6.45) is 1.24. The van der Waals surface area contributed by atoms with Crippen LogP contribution in [-0.2, 0) is 9.59 Å². The third-order valence-corrected chi connectivity index (χ3v) is 3.66. The van der Waals surface area contributed by atoms with Gasteiger partial charge in [-0.3, -0.25) is 14.9 Å². The quantitative estimate of drug-likeness (QED) is 0.696. The minimum absolute atomic E-state index is 0.0304. The van der Waals surface area contributed by atoms with E-state index in [-0.39, 0.29) is 12.5 Å². The first-order chi connectivity index (χ1) is 11.6. The summed E-state index contributed by atoms with van der Waals surface area (Å²) in [5.74, 6) is -1.19. The number of aliphatic carboxylic acids is 1. The molecule has 0 aromatic heterocycles. The summed E-state index contributed by atoms with van der Waals surface area (Å²) in [5.41, 5.74) is 2.87. The second kappa shape index (κ2) is 8.84. The fourth-order valence-electron chi connectivity index (χ4n) is 2.40. The normalized spacial score (nSPS) is 11.7. The Morgan fingerprint density at radius 1 is 1.00 bits per heavy atom. The van der Waals surface area contributed by atoms with Crippen molar-refractivity contribution in [2.75, 3.05) is 11.9 Å². The Labute approximate surface area is 141 Å². The van der Waals surface area contributed by atoms with E-state index in [1.807, 2.05) is 61.5 Å². The third kappa shape index (κ3) is 5.21. The molecule has 1 unspecified atom stereocenters. The van der Waals surface area contributed by atoms with Crippen LogP contribution in [0.15, 0.2) is 54.6 Å². The van der Waals surface area contributed by atoms with Crippen molar-refractivity contribution in [1.29, 1.82) is 0 Å². The summed E-state index contributed by atoms with van der Waals surface area (Å²) in [5, 5.41) is 14.6. The van der Waals surface area contributed by atoms with Gasteiger partial charge >= 0.3 is 5.97 Å². The Morgan fingerprint density at radius 3 is 2.21 bits per heavy atom. The first-order valence-corrected chi connectivity index (χ1v) is 8.01. The lowest BCUT2D eigenvalue weighted by molar-refractivity contribution is -0.139. The molecule has 24 heavy (non-hydrogen) atoms. The van der Waals surface area contributed by atoms with E-state index in [4.69, 9.17) is 5.11 Å². The van der Waals surface area contributed by atoms with Crippen LogP contribution in [-0.4, -0.2) is 29.6 Å². The summed E-state index contributed by atoms with van der Waals surface area (Å²) in [4.78, 5) is 23.0. The molecule has 0 fully saturated rings. The molecule has 1 amide bonds. The standard InChI is InChI=1S/C19H22N2O3/c1-2-6-17(19(23)24)20-13-18(22)21-16-11-9-15(10-12-16)14-7-4-3-5-8-14/h3-5,7-12,17,20H,2,6,13H2,1H3,(H,21,22)(H,23,24). The molecular weight excluding hydrogens is 304 g/mol. The van der Waals surface area contributed by atoms with Crippen LogP contribution in [0.4, 0.5) is 5.69 Å². The molecule has 2 aromatic rings. The Balaban J connectivity index is 1.89. The van der Waals surface area contributed by atoms with Gasteiger partial charge in [-0.05, 0) is 29.7 Å². The number of benzene rings is 2. The fourth-order valence-corrected chi connectivity index (χ4v) is 2.40. The van der Waals surface area contributed by atoms with Crippen LogP contribution in [0, 0.1) is 0 Å². The molecule has 0 aliphatic rings. The van der Waals surface area contributed by atoms with Gasteiger partial charge in [-0.1, -0.05) is 55.8 Å². The smallest absolute Gasteiger partial charge is 0.320 e. The van der Waals surface area contributed by atoms with Gasteiger partial charge < -0.3 is 10.4 Å². The largest absolute Gasteiger partial charge is 0.480 e. The van der Waals surface area contributed by atoms with Crippen LogP contribution in [0.3, 0.4) is 0 Å². The lowest BCUT2D eigenvalue weighted by Gasteiger charge is -2.13. The van der Waals surface area contributed by atoms with Crippen LogP contribution >= 0.6 is 0 Å². The van der Waals surface area contributed by atoms with E-state index in [0.29, 0.717) is 12.1 Å². The van der Waals surface area contributed by atoms with Gasteiger partial charge in [0.15, 0.2) is 0 Å². The maximum absolute atomic E-state index is 11.9. The van der Waals surface area contributed by atoms with Gasteiger partial charge in [-0.15, -0.1) is 0 Å². The van der Waals surface area contributed by atoms with E-state index in [9.17, 15) is 9.59 Å². The van der Waals surface area contributed by atoms with E-state index in [1.165, 1.54) is 0 Å². The molecule has 2 aromatic carbocycles. The molecule has 0 saturated carbocycles. The zero-order valence-electron chi connectivity index (χ0n) is 13.7. The summed E-state index contributed by atoms with van der Waals surface area (Å²) in [7, 11) is 0. The summed E-state index contributed by atoms with van der Waals surface area (Å²) < 4.78 is 0. The molecule has 0 radical (unpaired) electrons. The summed E-state index contributed by atoms with van der Waals surface area (Å²) in [6, 6.07) is 16.8. The van der Waals surface area contributed by atoms with E-state index in [1.54, 1.807) is 0 Å². The van der Waals surface area contributed by atoms with E-state index < -0.39 is 12.0 Å². The van der Waals surface area contributed by atoms with Crippen molar-refractivity contribution in [2.24, 2.45) is 0 Å². The van der Waals surface area contributed by atoms with Gasteiger partial charge in [-0.25, -0.2) is 0 Å². The van der Waals surface area contributed by atoms with Crippen molar-refractivity contribution in [3.63, 3.8) is 0 Å². The van der Waals surface area contributed by atoms with Crippen molar-refractivity contribution in [1.82, 2.24) is 5.32 Å². The highest BCUT2D eigenvalue weighted by atomic mass is 16.4. The number of rotatable bonds is 8. The molecule has 0 aliphatic heterocycles. The lowest BCUT2D eigenvalue weighted by atomic mass is 10.1. The molecule has 0 saturated heterocycles. The zero-order chi connectivity index (χ0) is 17.4. The van der Waals surface area contributed by atoms with Gasteiger partial charge in [-0.2, -0.15) is 0 Å². The van der Waals surface area contributed by atoms with Gasteiger partial charge in [0.05, 0.1) is 6.54 Å². The van der Waals surface area contributed by atoms with Crippen molar-refractivity contribution in [2.45, 2.75) is 25.8 Å². The molecule has 126 valence electrons. The first-order valence-electron chi connectivity index (χ1n) is 8.01. The SMILES string of the molecule is CCCC(NCC(=O)Nc1ccc(-c2ccccc2)cc1)C(=O)O. The highest BCUT2D eigenvalue weighted by Crippen LogP contribution is 2.20. The van der Waals surface area contributed by atoms with Crippen molar-refractivity contribution in [3.8, 4) is 11.1 Å². The number of nitrogens with one attached hydrogen (secondary N) is 2. The minimum Gasteiger partial charge on any atom is -0.480 e. The predicted molar refractivity (Wildman–Crippen MR) is 94.8 cm³/mol. The van der Waals surface area contributed by atoms with Gasteiger partial charge in [0.25, 0.3) is 0 Å². The number of hydrogen-bond acceptors (Lipinski definition) is 3. The molecule has 3 N–H and O–H groups in total. The van der Waals surface area contributed by atoms with Crippen LogP contribution < -0.4 is 10.6 Å². The average molecular weight is 326 g/mol. The Morgan fingerprint density at radius 2 is 1.62 bits per heavy atom. The van der Waals surface area contributed by atoms with Gasteiger partial charge in [0, 0.05) is 5.69 Å². The maximum Gasteiger partial charge on any atom is 0.320 e. The zero-order valence-corrected chi connectivity index (χ0v) is 13.7. The fraction of sp³-hybridized carbons (Fsp3) is 0.263.